The van der Waals surface area contributed by atoms with Crippen molar-refractivity contribution in [1.82, 2.24) is 5.32 Å². The third kappa shape index (κ3) is 8.97. The number of rotatable bonds is 12. The van der Waals surface area contributed by atoms with Crippen LogP contribution in [0.5, 0.6) is 0 Å². The molecule has 1 aliphatic rings. The Morgan fingerprint density at radius 2 is 1.45 bits per heavy atom. The van der Waals surface area contributed by atoms with Gasteiger partial charge in [-0.15, -0.1) is 0 Å². The predicted molar refractivity (Wildman–Crippen MR) is 88.3 cm³/mol. The zero-order chi connectivity index (χ0) is 14.5. The Bertz CT molecular complexity index is 200. The van der Waals surface area contributed by atoms with Crippen LogP contribution in [0, 0.1) is 0 Å². The lowest BCUT2D eigenvalue weighted by Gasteiger charge is -2.29. The van der Waals surface area contributed by atoms with Crippen molar-refractivity contribution < 1.29 is 4.74 Å². The van der Waals surface area contributed by atoms with Gasteiger partial charge in [0.05, 0.1) is 6.10 Å². The highest BCUT2D eigenvalue weighted by atomic mass is 16.5. The molecule has 0 aromatic rings. The average Bonchev–Trinajstić information content (AvgIpc) is 2.49. The SMILES string of the molecule is CCCCCCCCCOC1CCC(NCCC)CC1. The van der Waals surface area contributed by atoms with Crippen molar-refractivity contribution in [1.29, 1.82) is 0 Å². The lowest BCUT2D eigenvalue weighted by Crippen LogP contribution is -2.35. The van der Waals surface area contributed by atoms with Crippen molar-refractivity contribution in [2.24, 2.45) is 0 Å². The first kappa shape index (κ1) is 18.0. The Morgan fingerprint density at radius 3 is 2.10 bits per heavy atom. The highest BCUT2D eigenvalue weighted by molar-refractivity contribution is 4.77. The van der Waals surface area contributed by atoms with Gasteiger partial charge in [0.15, 0.2) is 0 Å². The molecular weight excluding hydrogens is 246 g/mol. The maximum absolute atomic E-state index is 6.04. The summed E-state index contributed by atoms with van der Waals surface area (Å²) in [7, 11) is 0. The molecule has 0 bridgehead atoms. The number of hydrogen-bond donors (Lipinski definition) is 1. The quantitative estimate of drug-likeness (QED) is 0.505. The minimum atomic E-state index is 0.551. The van der Waals surface area contributed by atoms with Crippen LogP contribution in [0.25, 0.3) is 0 Å². The maximum Gasteiger partial charge on any atom is 0.0576 e. The lowest BCUT2D eigenvalue weighted by atomic mass is 9.93. The van der Waals surface area contributed by atoms with Gasteiger partial charge < -0.3 is 10.1 Å². The highest BCUT2D eigenvalue weighted by Gasteiger charge is 2.20. The Hall–Kier alpha value is -0.0800. The van der Waals surface area contributed by atoms with E-state index >= 15 is 0 Å². The third-order valence-electron chi connectivity index (χ3n) is 4.46. The van der Waals surface area contributed by atoms with E-state index in [9.17, 15) is 0 Å². The molecule has 0 unspecified atom stereocenters. The van der Waals surface area contributed by atoms with Crippen molar-refractivity contribution in [3.63, 3.8) is 0 Å². The molecule has 1 saturated carbocycles. The fourth-order valence-electron chi connectivity index (χ4n) is 3.09. The zero-order valence-corrected chi connectivity index (χ0v) is 14.0. The van der Waals surface area contributed by atoms with Gasteiger partial charge in [0, 0.05) is 12.6 Å². The van der Waals surface area contributed by atoms with E-state index in [1.807, 2.05) is 0 Å². The predicted octanol–water partition coefficient (Wildman–Crippen LogP) is 5.06. The van der Waals surface area contributed by atoms with E-state index in [1.54, 1.807) is 0 Å². The van der Waals surface area contributed by atoms with Crippen LogP contribution in [0.1, 0.15) is 90.9 Å². The summed E-state index contributed by atoms with van der Waals surface area (Å²) in [5.41, 5.74) is 0. The topological polar surface area (TPSA) is 21.3 Å². The van der Waals surface area contributed by atoms with Crippen LogP contribution < -0.4 is 5.32 Å². The molecular formula is C18H37NO. The second kappa shape index (κ2) is 12.6. The van der Waals surface area contributed by atoms with Gasteiger partial charge in [-0.05, 0) is 45.1 Å². The van der Waals surface area contributed by atoms with E-state index in [2.05, 4.69) is 19.2 Å². The van der Waals surface area contributed by atoms with Gasteiger partial charge in [0.1, 0.15) is 0 Å². The van der Waals surface area contributed by atoms with Gasteiger partial charge in [0.2, 0.25) is 0 Å². The van der Waals surface area contributed by atoms with Crippen LogP contribution in [0.4, 0.5) is 0 Å². The molecule has 0 amide bonds. The number of nitrogens with one attached hydrogen (secondary N) is 1. The summed E-state index contributed by atoms with van der Waals surface area (Å²) in [5, 5.41) is 3.64. The molecule has 1 aliphatic carbocycles. The summed E-state index contributed by atoms with van der Waals surface area (Å²) >= 11 is 0. The van der Waals surface area contributed by atoms with Crippen molar-refractivity contribution in [3.05, 3.63) is 0 Å². The normalized spacial score (nSPS) is 23.1. The molecule has 2 heteroatoms. The standard InChI is InChI=1S/C18H37NO/c1-3-5-6-7-8-9-10-16-20-18-13-11-17(12-14-18)19-15-4-2/h17-19H,3-16H2,1-2H3. The first-order valence-corrected chi connectivity index (χ1v) is 9.21. The van der Waals surface area contributed by atoms with Crippen molar-refractivity contribution in [2.75, 3.05) is 13.2 Å². The van der Waals surface area contributed by atoms with Gasteiger partial charge in [0.25, 0.3) is 0 Å². The summed E-state index contributed by atoms with van der Waals surface area (Å²) in [6.07, 6.45) is 16.6. The molecule has 1 fully saturated rings. The summed E-state index contributed by atoms with van der Waals surface area (Å²) < 4.78 is 6.04. The Labute approximate surface area is 127 Å². The van der Waals surface area contributed by atoms with Crippen molar-refractivity contribution in [2.45, 2.75) is 103 Å². The molecule has 1 N–H and O–H groups in total. The number of ether oxygens (including phenoxy) is 1. The molecule has 0 spiro atoms. The Balaban J connectivity index is 1.86. The number of hydrogen-bond acceptors (Lipinski definition) is 2. The first-order chi connectivity index (χ1) is 9.86. The average molecular weight is 284 g/mol. The van der Waals surface area contributed by atoms with E-state index in [4.69, 9.17) is 4.74 Å². The summed E-state index contributed by atoms with van der Waals surface area (Å²) in [5.74, 6) is 0. The fourth-order valence-corrected chi connectivity index (χ4v) is 3.09. The molecule has 2 nitrogen and oxygen atoms in total. The maximum atomic E-state index is 6.04. The lowest BCUT2D eigenvalue weighted by molar-refractivity contribution is 0.0205. The van der Waals surface area contributed by atoms with Gasteiger partial charge in [-0.1, -0.05) is 52.4 Å². The third-order valence-corrected chi connectivity index (χ3v) is 4.46. The molecule has 0 heterocycles. The minimum Gasteiger partial charge on any atom is -0.378 e. The van der Waals surface area contributed by atoms with E-state index in [0.29, 0.717) is 6.10 Å². The van der Waals surface area contributed by atoms with Crippen LogP contribution in [0.15, 0.2) is 0 Å². The number of unbranched alkanes of at least 4 members (excludes halogenated alkanes) is 6. The van der Waals surface area contributed by atoms with Crippen LogP contribution in [-0.2, 0) is 4.74 Å². The van der Waals surface area contributed by atoms with Crippen molar-refractivity contribution >= 4 is 0 Å². The van der Waals surface area contributed by atoms with Crippen LogP contribution in [-0.4, -0.2) is 25.3 Å². The van der Waals surface area contributed by atoms with E-state index in [0.717, 1.165) is 12.6 Å². The van der Waals surface area contributed by atoms with Crippen molar-refractivity contribution in [3.8, 4) is 0 Å². The molecule has 1 rings (SSSR count). The largest absolute Gasteiger partial charge is 0.378 e. The van der Waals surface area contributed by atoms with Crippen LogP contribution >= 0.6 is 0 Å². The molecule has 20 heavy (non-hydrogen) atoms. The molecule has 0 aromatic heterocycles. The molecule has 120 valence electrons. The van der Waals surface area contributed by atoms with Gasteiger partial charge >= 0.3 is 0 Å². The molecule has 0 saturated heterocycles. The smallest absolute Gasteiger partial charge is 0.0576 e. The monoisotopic (exact) mass is 283 g/mol. The van der Waals surface area contributed by atoms with Gasteiger partial charge in [-0.2, -0.15) is 0 Å². The molecule has 0 radical (unpaired) electrons. The molecule has 0 aliphatic heterocycles. The van der Waals surface area contributed by atoms with Gasteiger partial charge in [-0.25, -0.2) is 0 Å². The molecule has 0 atom stereocenters. The molecule has 0 aromatic carbocycles. The van der Waals surface area contributed by atoms with E-state index < -0.39 is 0 Å². The zero-order valence-electron chi connectivity index (χ0n) is 14.0. The van der Waals surface area contributed by atoms with Gasteiger partial charge in [-0.3, -0.25) is 0 Å². The van der Waals surface area contributed by atoms with Crippen LogP contribution in [0.3, 0.4) is 0 Å². The summed E-state index contributed by atoms with van der Waals surface area (Å²) in [4.78, 5) is 0. The minimum absolute atomic E-state index is 0.551. The highest BCUT2D eigenvalue weighted by Crippen LogP contribution is 2.21. The second-order valence-corrected chi connectivity index (χ2v) is 6.42. The van der Waals surface area contributed by atoms with E-state index in [-0.39, 0.29) is 0 Å². The summed E-state index contributed by atoms with van der Waals surface area (Å²) in [6.45, 7) is 6.68. The van der Waals surface area contributed by atoms with Crippen LogP contribution in [0.2, 0.25) is 0 Å². The first-order valence-electron chi connectivity index (χ1n) is 9.21. The Kier molecular flexibility index (Phi) is 11.4. The van der Waals surface area contributed by atoms with E-state index in [1.165, 1.54) is 83.6 Å². The summed E-state index contributed by atoms with van der Waals surface area (Å²) in [6, 6.07) is 0.758. The Morgan fingerprint density at radius 1 is 0.800 bits per heavy atom. The fraction of sp³-hybridized carbons (Fsp3) is 1.00. The second-order valence-electron chi connectivity index (χ2n) is 6.42.